The highest BCUT2D eigenvalue weighted by atomic mass is 16.6. The standard InChI is InChI=1S/C22H27N3O3/c1-13(2)28-22(27)24-20-10-14(3)25(15(4)26)21-9-8-17(12-19(20)21)16-6-5-7-18(23)11-16/h5-9,11-14,20H,10,23H2,1-4H3,(H,24,27)/t14-,20+/m0/s1. The van der Waals surface area contributed by atoms with Gasteiger partial charge in [0.05, 0.1) is 12.1 Å². The van der Waals surface area contributed by atoms with Crippen LogP contribution < -0.4 is 16.0 Å². The smallest absolute Gasteiger partial charge is 0.407 e. The summed E-state index contributed by atoms with van der Waals surface area (Å²) in [6.45, 7) is 7.17. The van der Waals surface area contributed by atoms with Crippen molar-refractivity contribution in [3.8, 4) is 11.1 Å². The number of hydrogen-bond acceptors (Lipinski definition) is 4. The van der Waals surface area contributed by atoms with Crippen molar-refractivity contribution >= 4 is 23.4 Å². The molecule has 0 bridgehead atoms. The number of ether oxygens (including phenoxy) is 1. The van der Waals surface area contributed by atoms with E-state index in [1.54, 1.807) is 11.8 Å². The number of rotatable bonds is 3. The van der Waals surface area contributed by atoms with E-state index in [4.69, 9.17) is 10.5 Å². The second-order valence-corrected chi connectivity index (χ2v) is 7.52. The normalized spacial score (nSPS) is 18.5. The first-order valence-electron chi connectivity index (χ1n) is 9.53. The molecule has 2 amide bonds. The number of amides is 2. The number of alkyl carbamates (subject to hydrolysis) is 1. The predicted molar refractivity (Wildman–Crippen MR) is 111 cm³/mol. The molecule has 28 heavy (non-hydrogen) atoms. The van der Waals surface area contributed by atoms with E-state index in [2.05, 4.69) is 5.32 Å². The van der Waals surface area contributed by atoms with Gasteiger partial charge >= 0.3 is 6.09 Å². The largest absolute Gasteiger partial charge is 0.447 e. The second-order valence-electron chi connectivity index (χ2n) is 7.52. The number of nitrogen functional groups attached to an aromatic ring is 1. The Kier molecular flexibility index (Phi) is 5.58. The number of nitrogens with two attached hydrogens (primary N) is 1. The molecule has 148 valence electrons. The molecule has 3 N–H and O–H groups in total. The first-order chi connectivity index (χ1) is 13.3. The van der Waals surface area contributed by atoms with Crippen molar-refractivity contribution in [1.29, 1.82) is 0 Å². The Balaban J connectivity index is 2.03. The van der Waals surface area contributed by atoms with Gasteiger partial charge in [-0.1, -0.05) is 18.2 Å². The number of fused-ring (bicyclic) bond motifs is 1. The number of carbonyl (C=O) groups excluding carboxylic acids is 2. The predicted octanol–water partition coefficient (Wildman–Crippen LogP) is 4.26. The molecule has 1 aliphatic heterocycles. The van der Waals surface area contributed by atoms with Crippen molar-refractivity contribution < 1.29 is 14.3 Å². The average Bonchev–Trinajstić information content (AvgIpc) is 2.60. The zero-order chi connectivity index (χ0) is 20.4. The number of nitrogens with zero attached hydrogens (tertiary/aromatic N) is 1. The molecule has 2 aromatic carbocycles. The fourth-order valence-corrected chi connectivity index (χ4v) is 3.77. The maximum Gasteiger partial charge on any atom is 0.407 e. The molecule has 6 nitrogen and oxygen atoms in total. The first-order valence-corrected chi connectivity index (χ1v) is 9.53. The molecular formula is C22H27N3O3. The fourth-order valence-electron chi connectivity index (χ4n) is 3.77. The topological polar surface area (TPSA) is 84.7 Å². The van der Waals surface area contributed by atoms with Gasteiger partial charge in [-0.15, -0.1) is 0 Å². The van der Waals surface area contributed by atoms with Crippen molar-refractivity contribution in [3.05, 3.63) is 48.0 Å². The van der Waals surface area contributed by atoms with Crippen LogP contribution in [0.15, 0.2) is 42.5 Å². The van der Waals surface area contributed by atoms with Gasteiger partial charge in [-0.25, -0.2) is 4.79 Å². The van der Waals surface area contributed by atoms with Gasteiger partial charge in [0.25, 0.3) is 0 Å². The van der Waals surface area contributed by atoms with Gasteiger partial charge in [0, 0.05) is 24.3 Å². The maximum atomic E-state index is 12.2. The van der Waals surface area contributed by atoms with Crippen LogP contribution in [0.5, 0.6) is 0 Å². The number of hydrogen-bond donors (Lipinski definition) is 2. The lowest BCUT2D eigenvalue weighted by Crippen LogP contribution is -2.45. The van der Waals surface area contributed by atoms with Crippen molar-refractivity contribution in [2.45, 2.75) is 52.3 Å². The zero-order valence-electron chi connectivity index (χ0n) is 16.7. The van der Waals surface area contributed by atoms with Crippen LogP contribution in [0.2, 0.25) is 0 Å². The lowest BCUT2D eigenvalue weighted by molar-refractivity contribution is -0.117. The summed E-state index contributed by atoms with van der Waals surface area (Å²) in [7, 11) is 0. The van der Waals surface area contributed by atoms with E-state index in [1.165, 1.54) is 0 Å². The Morgan fingerprint density at radius 3 is 2.54 bits per heavy atom. The molecule has 2 atom stereocenters. The minimum absolute atomic E-state index is 0.0198. The molecule has 3 rings (SSSR count). The van der Waals surface area contributed by atoms with E-state index in [0.717, 1.165) is 22.4 Å². The number of nitrogens with one attached hydrogen (secondary N) is 1. The summed E-state index contributed by atoms with van der Waals surface area (Å²) in [4.78, 5) is 26.2. The molecule has 1 heterocycles. The van der Waals surface area contributed by atoms with Crippen LogP contribution in [0.4, 0.5) is 16.2 Å². The monoisotopic (exact) mass is 381 g/mol. The Morgan fingerprint density at radius 2 is 1.89 bits per heavy atom. The molecule has 0 aliphatic carbocycles. The van der Waals surface area contributed by atoms with E-state index in [1.807, 2.05) is 63.2 Å². The zero-order valence-corrected chi connectivity index (χ0v) is 16.7. The third-order valence-corrected chi connectivity index (χ3v) is 4.87. The van der Waals surface area contributed by atoms with Crippen LogP contribution in [0.25, 0.3) is 11.1 Å². The van der Waals surface area contributed by atoms with Crippen molar-refractivity contribution in [2.24, 2.45) is 0 Å². The average molecular weight is 381 g/mol. The highest BCUT2D eigenvalue weighted by Crippen LogP contribution is 2.39. The van der Waals surface area contributed by atoms with E-state index in [9.17, 15) is 9.59 Å². The summed E-state index contributed by atoms with van der Waals surface area (Å²) in [5, 5.41) is 2.96. The van der Waals surface area contributed by atoms with Gasteiger partial charge in [-0.05, 0) is 68.1 Å². The van der Waals surface area contributed by atoms with Gasteiger partial charge in [-0.3, -0.25) is 4.79 Å². The molecular weight excluding hydrogens is 354 g/mol. The van der Waals surface area contributed by atoms with Gasteiger partial charge < -0.3 is 20.7 Å². The van der Waals surface area contributed by atoms with Crippen LogP contribution in [0.3, 0.4) is 0 Å². The third kappa shape index (κ3) is 4.11. The van der Waals surface area contributed by atoms with Gasteiger partial charge in [-0.2, -0.15) is 0 Å². The molecule has 6 heteroatoms. The number of anilines is 2. The lowest BCUT2D eigenvalue weighted by atomic mass is 9.89. The molecule has 1 aliphatic rings. The number of benzene rings is 2. The lowest BCUT2D eigenvalue weighted by Gasteiger charge is -2.39. The van der Waals surface area contributed by atoms with Crippen LogP contribution in [-0.4, -0.2) is 24.1 Å². The summed E-state index contributed by atoms with van der Waals surface area (Å²) < 4.78 is 5.26. The van der Waals surface area contributed by atoms with E-state index in [0.29, 0.717) is 12.1 Å². The third-order valence-electron chi connectivity index (χ3n) is 4.87. The summed E-state index contributed by atoms with van der Waals surface area (Å²) in [5.41, 5.74) is 10.3. The minimum atomic E-state index is -0.455. The molecule has 0 saturated carbocycles. The quantitative estimate of drug-likeness (QED) is 0.778. The number of carbonyl (C=O) groups is 2. The van der Waals surface area contributed by atoms with Gasteiger partial charge in [0.15, 0.2) is 0 Å². The Labute approximate surface area is 165 Å². The highest BCUT2D eigenvalue weighted by molar-refractivity contribution is 5.94. The molecule has 0 spiro atoms. The summed E-state index contributed by atoms with van der Waals surface area (Å²) in [6.07, 6.45) is -0.0446. The van der Waals surface area contributed by atoms with Crippen LogP contribution in [-0.2, 0) is 9.53 Å². The first kappa shape index (κ1) is 19.7. The van der Waals surface area contributed by atoms with Gasteiger partial charge in [0.2, 0.25) is 5.91 Å². The summed E-state index contributed by atoms with van der Waals surface area (Å²) in [5.74, 6) is -0.0198. The molecule has 0 unspecified atom stereocenters. The van der Waals surface area contributed by atoms with Crippen molar-refractivity contribution in [2.75, 3.05) is 10.6 Å². The van der Waals surface area contributed by atoms with Crippen molar-refractivity contribution in [1.82, 2.24) is 5.32 Å². The summed E-state index contributed by atoms with van der Waals surface area (Å²) >= 11 is 0. The molecule has 0 fully saturated rings. The highest BCUT2D eigenvalue weighted by Gasteiger charge is 2.33. The summed E-state index contributed by atoms with van der Waals surface area (Å²) in [6, 6.07) is 13.3. The van der Waals surface area contributed by atoms with E-state index in [-0.39, 0.29) is 24.1 Å². The van der Waals surface area contributed by atoms with E-state index >= 15 is 0 Å². The molecule has 0 saturated heterocycles. The minimum Gasteiger partial charge on any atom is -0.447 e. The van der Waals surface area contributed by atoms with Crippen LogP contribution in [0, 0.1) is 0 Å². The molecule has 0 radical (unpaired) electrons. The van der Waals surface area contributed by atoms with Crippen LogP contribution >= 0.6 is 0 Å². The van der Waals surface area contributed by atoms with Gasteiger partial charge in [0.1, 0.15) is 0 Å². The van der Waals surface area contributed by atoms with Crippen molar-refractivity contribution in [3.63, 3.8) is 0 Å². The Hall–Kier alpha value is -3.02. The second kappa shape index (κ2) is 7.92. The molecule has 2 aromatic rings. The van der Waals surface area contributed by atoms with Crippen LogP contribution in [0.1, 0.15) is 45.7 Å². The van der Waals surface area contributed by atoms with E-state index < -0.39 is 6.09 Å². The fraction of sp³-hybridized carbons (Fsp3) is 0.364. The molecule has 0 aromatic heterocycles. The Morgan fingerprint density at radius 1 is 1.18 bits per heavy atom. The Bertz CT molecular complexity index is 894. The SMILES string of the molecule is CC(=O)N1c2ccc(-c3cccc(N)c3)cc2[C@H](NC(=O)OC(C)C)C[C@@H]1C. The maximum absolute atomic E-state index is 12.2.